The molecule has 0 spiro atoms. The fourth-order valence-corrected chi connectivity index (χ4v) is 5.41. The van der Waals surface area contributed by atoms with E-state index in [1.165, 1.54) is 24.0 Å². The Bertz CT molecular complexity index is 1440. The molecule has 9 nitrogen and oxygen atoms in total. The first-order valence-corrected chi connectivity index (χ1v) is 12.4. The average molecular weight is 578 g/mol. The first-order chi connectivity index (χ1) is 18.2. The van der Waals surface area contributed by atoms with Crippen molar-refractivity contribution in [1.82, 2.24) is 14.9 Å². The number of piperidine rings is 1. The summed E-state index contributed by atoms with van der Waals surface area (Å²) in [5.41, 5.74) is 4.17. The van der Waals surface area contributed by atoms with Crippen molar-refractivity contribution in [2.45, 2.75) is 50.0 Å². The molecule has 3 aromatic rings. The molecule has 2 aliphatic rings. The van der Waals surface area contributed by atoms with Crippen LogP contribution in [0.5, 0.6) is 11.5 Å². The molecule has 0 radical (unpaired) electrons. The number of nitrogens with two attached hydrogens (primary N) is 1. The zero-order chi connectivity index (χ0) is 28.3. The van der Waals surface area contributed by atoms with E-state index in [2.05, 4.69) is 24.8 Å². The molecule has 3 atom stereocenters. The Morgan fingerprint density at radius 2 is 1.92 bits per heavy atom. The van der Waals surface area contributed by atoms with Gasteiger partial charge in [-0.25, -0.2) is 22.5 Å². The topological polar surface area (TPSA) is 123 Å². The summed E-state index contributed by atoms with van der Waals surface area (Å²) in [6.07, 6.45) is -6.44. The van der Waals surface area contributed by atoms with E-state index in [1.807, 2.05) is 0 Å². The predicted molar refractivity (Wildman–Crippen MR) is 128 cm³/mol. The number of pyridine rings is 1. The van der Waals surface area contributed by atoms with Crippen molar-refractivity contribution < 1.29 is 40.6 Å². The van der Waals surface area contributed by atoms with Crippen LogP contribution < -0.4 is 26.1 Å². The monoisotopic (exact) mass is 577 g/mol. The molecule has 0 unspecified atom stereocenters. The molecule has 2 aliphatic heterocycles. The number of H-pyrrole nitrogens is 1. The minimum absolute atomic E-state index is 0.0859. The van der Waals surface area contributed by atoms with Crippen molar-refractivity contribution in [3.8, 4) is 11.5 Å². The third kappa shape index (κ3) is 5.27. The van der Waals surface area contributed by atoms with Crippen LogP contribution in [0.15, 0.2) is 29.2 Å². The number of carbonyl (C=O) groups excluding carboxylic acids is 1. The molecule has 1 amide bonds. The van der Waals surface area contributed by atoms with Gasteiger partial charge in [0.05, 0.1) is 28.2 Å². The minimum atomic E-state index is -3.78. The number of fused-ring (bicyclic) bond motifs is 2. The lowest BCUT2D eigenvalue weighted by Gasteiger charge is -2.40. The number of likely N-dealkylation sites (tertiary alicyclic amines) is 1. The lowest BCUT2D eigenvalue weighted by atomic mass is 9.86. The van der Waals surface area contributed by atoms with Gasteiger partial charge >= 0.3 is 6.29 Å². The highest BCUT2D eigenvalue weighted by Gasteiger charge is 2.47. The Labute approximate surface area is 219 Å². The van der Waals surface area contributed by atoms with E-state index in [9.17, 15) is 35.9 Å². The maximum Gasteiger partial charge on any atom is 0.586 e. The number of aromatic nitrogens is 2. The number of alkyl halides is 6. The molecule has 0 saturated carbocycles. The van der Waals surface area contributed by atoms with Gasteiger partial charge in [0.2, 0.25) is 5.91 Å². The van der Waals surface area contributed by atoms with Gasteiger partial charge in [-0.2, -0.15) is 0 Å². The van der Waals surface area contributed by atoms with E-state index in [4.69, 9.17) is 5.73 Å². The molecular formula is C23H21F6N5O4S. The van der Waals surface area contributed by atoms with Crippen LogP contribution in [0.25, 0.3) is 10.2 Å². The molecule has 4 N–H and O–H groups in total. The lowest BCUT2D eigenvalue weighted by Crippen LogP contribution is -2.52. The average Bonchev–Trinajstić information content (AvgIpc) is 3.38. The number of benzene rings is 1. The van der Waals surface area contributed by atoms with Gasteiger partial charge in [-0.15, -0.1) is 8.78 Å². The second-order valence-corrected chi connectivity index (χ2v) is 10.3. The summed E-state index contributed by atoms with van der Waals surface area (Å²) in [5, 5.41) is 2.74. The van der Waals surface area contributed by atoms with E-state index >= 15 is 0 Å². The maximum atomic E-state index is 14.9. The number of hydrogen-bond donors (Lipinski definition) is 3. The quantitative estimate of drug-likeness (QED) is 0.379. The Morgan fingerprint density at radius 1 is 1.23 bits per heavy atom. The molecule has 1 saturated heterocycles. The zero-order valence-corrected chi connectivity index (χ0v) is 20.8. The summed E-state index contributed by atoms with van der Waals surface area (Å²) in [6, 6.07) is 0.659. The van der Waals surface area contributed by atoms with E-state index in [0.29, 0.717) is 4.70 Å². The first kappa shape index (κ1) is 27.2. The standard InChI is InChI=1S/C23H21F6N5O4S/c1-9(19(35)33-21-32-13-5-14-15(6-16(13)39-21)38-23(28,29)37-14)34-3-2-22(26,27)12(8-34)10-4-11(17(30)18(24)25)20(36)31-7-10/h4-7,9,12,17-18H,2-3,8,30H2,1H3,(H,31,36)(H,32,33,35)/t9-,12+,17-/m0/s1. The van der Waals surface area contributed by atoms with Gasteiger partial charge in [0, 0.05) is 43.4 Å². The first-order valence-electron chi connectivity index (χ1n) is 11.6. The van der Waals surface area contributed by atoms with Crippen LogP contribution in [0, 0.1) is 0 Å². The Balaban J connectivity index is 1.32. The summed E-state index contributed by atoms with van der Waals surface area (Å²) < 4.78 is 91.8. The summed E-state index contributed by atoms with van der Waals surface area (Å²) in [5.74, 6) is -5.70. The van der Waals surface area contributed by atoms with Crippen molar-refractivity contribution in [2.24, 2.45) is 5.73 Å². The van der Waals surface area contributed by atoms with Crippen LogP contribution in [0.3, 0.4) is 0 Å². The van der Waals surface area contributed by atoms with Gasteiger partial charge in [-0.3, -0.25) is 14.5 Å². The maximum absolute atomic E-state index is 14.9. The number of anilines is 1. The molecule has 1 fully saturated rings. The van der Waals surface area contributed by atoms with E-state index in [-0.39, 0.29) is 40.8 Å². The third-order valence-corrected chi connectivity index (χ3v) is 7.65. The Hall–Kier alpha value is -3.37. The second kappa shape index (κ2) is 9.67. The molecular weight excluding hydrogens is 556 g/mol. The zero-order valence-electron chi connectivity index (χ0n) is 20.0. The van der Waals surface area contributed by atoms with E-state index in [0.717, 1.165) is 23.6 Å². The van der Waals surface area contributed by atoms with Crippen molar-refractivity contribution in [3.05, 3.63) is 45.9 Å². The van der Waals surface area contributed by atoms with Crippen LogP contribution in [0.2, 0.25) is 0 Å². The van der Waals surface area contributed by atoms with Gasteiger partial charge in [-0.1, -0.05) is 11.3 Å². The SMILES string of the molecule is C[C@@H](C(=O)Nc1nc2cc3c(cc2s1)OC(F)(F)O3)N1CCC(F)(F)[C@@H](c2c[nH]c(=O)c([C@H](N)C(F)F)c2)C1. The Kier molecular flexibility index (Phi) is 6.75. The molecule has 1 aromatic carbocycles. The van der Waals surface area contributed by atoms with Crippen LogP contribution in [-0.2, 0) is 4.79 Å². The number of carbonyl (C=O) groups is 1. The smallest absolute Gasteiger partial charge is 0.395 e. The van der Waals surface area contributed by atoms with Gasteiger partial charge < -0.3 is 25.5 Å². The number of nitrogens with one attached hydrogen (secondary N) is 2. The number of nitrogens with zero attached hydrogens (tertiary/aromatic N) is 2. The lowest BCUT2D eigenvalue weighted by molar-refractivity contribution is -0.286. The number of ether oxygens (including phenoxy) is 2. The fourth-order valence-electron chi connectivity index (χ4n) is 4.53. The number of aromatic amines is 1. The molecule has 2 aromatic heterocycles. The van der Waals surface area contributed by atoms with Crippen molar-refractivity contribution in [2.75, 3.05) is 18.4 Å². The summed E-state index contributed by atoms with van der Waals surface area (Å²) >= 11 is 0.992. The predicted octanol–water partition coefficient (Wildman–Crippen LogP) is 4.02. The number of amides is 1. The highest BCUT2D eigenvalue weighted by Crippen LogP contribution is 2.45. The van der Waals surface area contributed by atoms with E-state index < -0.39 is 60.1 Å². The van der Waals surface area contributed by atoms with Gasteiger partial charge in [0.1, 0.15) is 0 Å². The highest BCUT2D eigenvalue weighted by atomic mass is 32.1. The molecule has 0 bridgehead atoms. The number of rotatable bonds is 6. The van der Waals surface area contributed by atoms with Crippen LogP contribution in [0.1, 0.15) is 36.4 Å². The molecule has 39 heavy (non-hydrogen) atoms. The fraction of sp³-hybridized carbons (Fsp3) is 0.435. The van der Waals surface area contributed by atoms with Crippen molar-refractivity contribution >= 4 is 32.6 Å². The molecule has 4 heterocycles. The van der Waals surface area contributed by atoms with E-state index in [1.54, 1.807) is 0 Å². The number of thiazole rings is 1. The molecule has 0 aliphatic carbocycles. The Morgan fingerprint density at radius 3 is 2.62 bits per heavy atom. The number of hydrogen-bond acceptors (Lipinski definition) is 8. The normalized spacial score (nSPS) is 21.7. The van der Waals surface area contributed by atoms with Crippen LogP contribution in [0.4, 0.5) is 31.5 Å². The van der Waals surface area contributed by atoms with Gasteiger partial charge in [-0.05, 0) is 18.6 Å². The van der Waals surface area contributed by atoms with Gasteiger partial charge in [0.15, 0.2) is 16.6 Å². The van der Waals surface area contributed by atoms with Crippen LogP contribution in [-0.4, -0.2) is 58.5 Å². The minimum Gasteiger partial charge on any atom is -0.395 e. The largest absolute Gasteiger partial charge is 0.586 e. The summed E-state index contributed by atoms with van der Waals surface area (Å²) in [7, 11) is 0. The van der Waals surface area contributed by atoms with Crippen molar-refractivity contribution in [3.63, 3.8) is 0 Å². The summed E-state index contributed by atoms with van der Waals surface area (Å²) in [6.45, 7) is 1.05. The van der Waals surface area contributed by atoms with Crippen LogP contribution >= 0.6 is 11.3 Å². The molecule has 210 valence electrons. The third-order valence-electron chi connectivity index (χ3n) is 6.72. The molecule has 5 rings (SSSR count). The van der Waals surface area contributed by atoms with Gasteiger partial charge in [0.25, 0.3) is 17.9 Å². The van der Waals surface area contributed by atoms with Crippen molar-refractivity contribution in [1.29, 1.82) is 0 Å². The summed E-state index contributed by atoms with van der Waals surface area (Å²) in [4.78, 5) is 32.9. The highest BCUT2D eigenvalue weighted by molar-refractivity contribution is 7.22. The second-order valence-electron chi connectivity index (χ2n) is 9.25. The molecule has 16 heteroatoms. The number of halogens is 6.